The Kier molecular flexibility index (Phi) is 4.58. The number of para-hydroxylation sites is 1. The molecular weight excluding hydrogens is 271 g/mol. The molecule has 0 aliphatic heterocycles. The Morgan fingerprint density at radius 3 is 2.38 bits per heavy atom. The number of carbonyl (C=O) groups excluding carboxylic acids is 1. The Balaban J connectivity index is 2.14. The maximum absolute atomic E-state index is 13.8. The molecule has 4 heteroatoms. The highest BCUT2D eigenvalue weighted by molar-refractivity contribution is 5.89. The van der Waals surface area contributed by atoms with Crippen molar-refractivity contribution in [3.8, 4) is 5.75 Å². The number of hydrogen-bond donors (Lipinski definition) is 0. The number of carbonyl (C=O) groups is 1. The Hall–Kier alpha value is -2.36. The van der Waals surface area contributed by atoms with E-state index < -0.39 is 11.8 Å². The van der Waals surface area contributed by atoms with Gasteiger partial charge >= 0.3 is 5.97 Å². The van der Waals surface area contributed by atoms with Crippen LogP contribution in [-0.2, 0) is 11.3 Å². The quantitative estimate of drug-likeness (QED) is 0.803. The lowest BCUT2D eigenvalue weighted by molar-refractivity contribution is 0.0595. The molecule has 0 heterocycles. The van der Waals surface area contributed by atoms with Gasteiger partial charge in [-0.25, -0.2) is 9.18 Å². The summed E-state index contributed by atoms with van der Waals surface area (Å²) >= 11 is 0. The zero-order valence-corrected chi connectivity index (χ0v) is 12.3. The van der Waals surface area contributed by atoms with Crippen LogP contribution in [0.25, 0.3) is 0 Å². The predicted molar refractivity (Wildman–Crippen MR) is 78.0 cm³/mol. The van der Waals surface area contributed by atoms with Crippen molar-refractivity contribution in [3.05, 3.63) is 64.5 Å². The van der Waals surface area contributed by atoms with Crippen molar-refractivity contribution in [2.24, 2.45) is 0 Å². The molecule has 3 nitrogen and oxygen atoms in total. The van der Waals surface area contributed by atoms with Crippen LogP contribution in [0.3, 0.4) is 0 Å². The van der Waals surface area contributed by atoms with Gasteiger partial charge in [0.2, 0.25) is 0 Å². The second-order valence-corrected chi connectivity index (χ2v) is 4.82. The first-order valence-electron chi connectivity index (χ1n) is 6.58. The molecule has 0 aliphatic carbocycles. The number of aryl methyl sites for hydroxylation is 2. The summed E-state index contributed by atoms with van der Waals surface area (Å²) in [7, 11) is 1.22. The van der Waals surface area contributed by atoms with Gasteiger partial charge in [0.05, 0.1) is 12.7 Å². The molecule has 2 aromatic carbocycles. The highest BCUT2D eigenvalue weighted by Gasteiger charge is 2.12. The average Bonchev–Trinajstić information content (AvgIpc) is 2.46. The summed E-state index contributed by atoms with van der Waals surface area (Å²) in [6.07, 6.45) is 0. The van der Waals surface area contributed by atoms with E-state index in [0.29, 0.717) is 5.56 Å². The molecule has 0 saturated heterocycles. The third-order valence-corrected chi connectivity index (χ3v) is 3.23. The van der Waals surface area contributed by atoms with Crippen molar-refractivity contribution < 1.29 is 18.7 Å². The number of halogens is 1. The van der Waals surface area contributed by atoms with E-state index in [9.17, 15) is 9.18 Å². The molecule has 0 aliphatic rings. The number of methoxy groups -OCH3 is 1. The molecule has 0 N–H and O–H groups in total. The first-order valence-corrected chi connectivity index (χ1v) is 6.58. The molecule has 0 aromatic heterocycles. The van der Waals surface area contributed by atoms with Crippen LogP contribution < -0.4 is 4.74 Å². The van der Waals surface area contributed by atoms with Crippen LogP contribution in [0.2, 0.25) is 0 Å². The summed E-state index contributed by atoms with van der Waals surface area (Å²) in [5, 5.41) is 0. The van der Waals surface area contributed by atoms with Gasteiger partial charge in [0.15, 0.2) is 0 Å². The fraction of sp³-hybridized carbons (Fsp3) is 0.235. The molecule has 21 heavy (non-hydrogen) atoms. The molecule has 0 bridgehead atoms. The minimum absolute atomic E-state index is 0.0756. The van der Waals surface area contributed by atoms with E-state index in [1.54, 1.807) is 6.07 Å². The summed E-state index contributed by atoms with van der Waals surface area (Å²) in [6, 6.07) is 10.2. The Labute approximate surface area is 123 Å². The Morgan fingerprint density at radius 2 is 1.81 bits per heavy atom. The van der Waals surface area contributed by atoms with Crippen LogP contribution in [-0.4, -0.2) is 13.1 Å². The topological polar surface area (TPSA) is 35.5 Å². The molecule has 2 aromatic rings. The van der Waals surface area contributed by atoms with Crippen molar-refractivity contribution in [1.82, 2.24) is 0 Å². The van der Waals surface area contributed by atoms with Crippen molar-refractivity contribution in [2.45, 2.75) is 20.5 Å². The number of ether oxygens (including phenoxy) is 2. The maximum Gasteiger partial charge on any atom is 0.340 e. The molecule has 0 saturated carbocycles. The van der Waals surface area contributed by atoms with Gasteiger partial charge in [0.1, 0.15) is 18.2 Å². The monoisotopic (exact) mass is 288 g/mol. The van der Waals surface area contributed by atoms with Gasteiger partial charge in [-0.1, -0.05) is 24.3 Å². The first kappa shape index (κ1) is 15.0. The van der Waals surface area contributed by atoms with Crippen molar-refractivity contribution in [2.75, 3.05) is 7.11 Å². The summed E-state index contributed by atoms with van der Waals surface area (Å²) in [5.41, 5.74) is 2.64. The molecule has 2 rings (SSSR count). The van der Waals surface area contributed by atoms with Gasteiger partial charge in [-0.2, -0.15) is 0 Å². The SMILES string of the molecule is COC(=O)c1ccc(COc2c(C)cccc2C)cc1F. The molecular formula is C17H17FO3. The van der Waals surface area contributed by atoms with E-state index in [1.165, 1.54) is 19.2 Å². The average molecular weight is 288 g/mol. The largest absolute Gasteiger partial charge is 0.488 e. The van der Waals surface area contributed by atoms with E-state index in [4.69, 9.17) is 4.74 Å². The van der Waals surface area contributed by atoms with E-state index in [1.807, 2.05) is 32.0 Å². The third-order valence-electron chi connectivity index (χ3n) is 3.23. The van der Waals surface area contributed by atoms with Crippen LogP contribution in [0.1, 0.15) is 27.0 Å². The van der Waals surface area contributed by atoms with Crippen molar-refractivity contribution >= 4 is 5.97 Å². The number of hydrogen-bond acceptors (Lipinski definition) is 3. The predicted octanol–water partition coefficient (Wildman–Crippen LogP) is 3.81. The molecule has 0 atom stereocenters. The Bertz CT molecular complexity index is 645. The zero-order valence-electron chi connectivity index (χ0n) is 12.3. The molecule has 110 valence electrons. The van der Waals surface area contributed by atoms with Crippen LogP contribution in [0.5, 0.6) is 5.75 Å². The van der Waals surface area contributed by atoms with Gasteiger partial charge in [-0.05, 0) is 42.7 Å². The van der Waals surface area contributed by atoms with E-state index in [2.05, 4.69) is 4.74 Å². The summed E-state index contributed by atoms with van der Waals surface area (Å²) < 4.78 is 24.1. The van der Waals surface area contributed by atoms with Crippen LogP contribution in [0.4, 0.5) is 4.39 Å². The molecule has 0 fully saturated rings. The number of rotatable bonds is 4. The summed E-state index contributed by atoms with van der Waals surface area (Å²) in [6.45, 7) is 4.16. The van der Waals surface area contributed by atoms with E-state index in [-0.39, 0.29) is 12.2 Å². The summed E-state index contributed by atoms with van der Waals surface area (Å²) in [4.78, 5) is 11.3. The van der Waals surface area contributed by atoms with E-state index in [0.717, 1.165) is 16.9 Å². The fourth-order valence-electron chi connectivity index (χ4n) is 2.11. The van der Waals surface area contributed by atoms with Crippen LogP contribution >= 0.6 is 0 Å². The standard InChI is InChI=1S/C17H17FO3/c1-11-5-4-6-12(2)16(11)21-10-13-7-8-14(15(18)9-13)17(19)20-3/h4-9H,10H2,1-3H3. The van der Waals surface area contributed by atoms with Gasteiger partial charge in [-0.15, -0.1) is 0 Å². The molecule has 0 amide bonds. The third kappa shape index (κ3) is 3.40. The van der Waals surface area contributed by atoms with Gasteiger partial charge in [0, 0.05) is 0 Å². The number of esters is 1. The second kappa shape index (κ2) is 6.39. The number of benzene rings is 2. The van der Waals surface area contributed by atoms with Gasteiger partial charge < -0.3 is 9.47 Å². The second-order valence-electron chi connectivity index (χ2n) is 4.82. The van der Waals surface area contributed by atoms with Crippen LogP contribution in [0.15, 0.2) is 36.4 Å². The smallest absolute Gasteiger partial charge is 0.340 e. The highest BCUT2D eigenvalue weighted by atomic mass is 19.1. The summed E-state index contributed by atoms with van der Waals surface area (Å²) in [5.74, 6) is -0.492. The zero-order chi connectivity index (χ0) is 15.4. The lowest BCUT2D eigenvalue weighted by atomic mass is 10.1. The Morgan fingerprint density at radius 1 is 1.14 bits per heavy atom. The maximum atomic E-state index is 13.8. The van der Waals surface area contributed by atoms with Crippen molar-refractivity contribution in [3.63, 3.8) is 0 Å². The van der Waals surface area contributed by atoms with Gasteiger partial charge in [-0.3, -0.25) is 0 Å². The molecule has 0 radical (unpaired) electrons. The molecule has 0 unspecified atom stereocenters. The lowest BCUT2D eigenvalue weighted by Gasteiger charge is -2.12. The van der Waals surface area contributed by atoms with Crippen molar-refractivity contribution in [1.29, 1.82) is 0 Å². The minimum atomic E-state index is -0.685. The lowest BCUT2D eigenvalue weighted by Crippen LogP contribution is -2.06. The fourth-order valence-corrected chi connectivity index (χ4v) is 2.11. The molecule has 0 spiro atoms. The normalized spacial score (nSPS) is 10.3. The van der Waals surface area contributed by atoms with Crippen LogP contribution in [0, 0.1) is 19.7 Å². The minimum Gasteiger partial charge on any atom is -0.488 e. The highest BCUT2D eigenvalue weighted by Crippen LogP contribution is 2.23. The van der Waals surface area contributed by atoms with E-state index >= 15 is 0 Å². The first-order chi connectivity index (χ1) is 10.0. The van der Waals surface area contributed by atoms with Gasteiger partial charge in [0.25, 0.3) is 0 Å².